The quantitative estimate of drug-likeness (QED) is 0.924. The van der Waals surface area contributed by atoms with Gasteiger partial charge in [-0.3, -0.25) is 0 Å². The van der Waals surface area contributed by atoms with Gasteiger partial charge in [0.25, 0.3) is 0 Å². The Bertz CT molecular complexity index is 624. The highest BCUT2D eigenvalue weighted by Crippen LogP contribution is 2.30. The molecule has 0 saturated carbocycles. The molecule has 1 aliphatic rings. The maximum atomic E-state index is 11.6. The maximum Gasteiger partial charge on any atom is 0.326 e. The molecule has 20 heavy (non-hydrogen) atoms. The number of nitrogens with zero attached hydrogens (tertiary/aromatic N) is 4. The van der Waals surface area contributed by atoms with Crippen molar-refractivity contribution < 1.29 is 9.90 Å². The van der Waals surface area contributed by atoms with Crippen LogP contribution >= 0.6 is 0 Å². The van der Waals surface area contributed by atoms with Gasteiger partial charge in [0.1, 0.15) is 11.6 Å². The van der Waals surface area contributed by atoms with Gasteiger partial charge in [0.2, 0.25) is 0 Å². The molecule has 2 unspecified atom stereocenters. The predicted molar refractivity (Wildman–Crippen MR) is 74.8 cm³/mol. The molecule has 3 rings (SSSR count). The molecule has 1 aliphatic heterocycles. The van der Waals surface area contributed by atoms with Crippen molar-refractivity contribution in [3.63, 3.8) is 0 Å². The van der Waals surface area contributed by atoms with Crippen molar-refractivity contribution in [2.75, 3.05) is 11.4 Å². The third-order valence-corrected chi connectivity index (χ3v) is 4.15. The van der Waals surface area contributed by atoms with Gasteiger partial charge in [-0.15, -0.1) is 0 Å². The van der Waals surface area contributed by atoms with Crippen LogP contribution in [-0.2, 0) is 4.79 Å². The minimum atomic E-state index is -0.772. The number of hydrogen-bond donors (Lipinski definition) is 1. The Kier molecular flexibility index (Phi) is 3.30. The van der Waals surface area contributed by atoms with Crippen LogP contribution in [0.5, 0.6) is 0 Å². The van der Waals surface area contributed by atoms with Gasteiger partial charge in [-0.05, 0) is 24.8 Å². The zero-order chi connectivity index (χ0) is 14.1. The van der Waals surface area contributed by atoms with E-state index in [0.29, 0.717) is 18.2 Å². The molecule has 0 amide bonds. The molecule has 0 radical (unpaired) electrons. The molecule has 3 heterocycles. The van der Waals surface area contributed by atoms with Crippen LogP contribution in [-0.4, -0.2) is 38.3 Å². The minimum absolute atomic E-state index is 0.483. The van der Waals surface area contributed by atoms with E-state index in [2.05, 4.69) is 17.0 Å². The summed E-state index contributed by atoms with van der Waals surface area (Å²) in [5.74, 6) is 0.426. The van der Waals surface area contributed by atoms with E-state index in [0.717, 1.165) is 24.9 Å². The van der Waals surface area contributed by atoms with E-state index in [1.165, 1.54) is 0 Å². The molecule has 2 aromatic heterocycles. The van der Waals surface area contributed by atoms with Crippen molar-refractivity contribution in [2.45, 2.75) is 32.2 Å². The van der Waals surface area contributed by atoms with Crippen LogP contribution < -0.4 is 4.90 Å². The third-order valence-electron chi connectivity index (χ3n) is 4.15. The zero-order valence-corrected chi connectivity index (χ0v) is 11.4. The summed E-state index contributed by atoms with van der Waals surface area (Å²) in [6.07, 6.45) is 7.87. The highest BCUT2D eigenvalue weighted by atomic mass is 16.4. The number of carboxylic acid groups (broad SMARTS) is 1. The summed E-state index contributed by atoms with van der Waals surface area (Å²) in [7, 11) is 0. The molecule has 1 N–H and O–H groups in total. The Labute approximate surface area is 117 Å². The molecule has 6 nitrogen and oxygen atoms in total. The summed E-state index contributed by atoms with van der Waals surface area (Å²) in [6, 6.07) is 1.37. The SMILES string of the molecule is CCC1CCN(c2nccn3nccc23)C(C(=O)O)C1. The van der Waals surface area contributed by atoms with Gasteiger partial charge >= 0.3 is 5.97 Å². The lowest BCUT2D eigenvalue weighted by Gasteiger charge is -2.37. The van der Waals surface area contributed by atoms with E-state index >= 15 is 0 Å². The molecule has 1 fully saturated rings. The van der Waals surface area contributed by atoms with Gasteiger partial charge in [-0.1, -0.05) is 13.3 Å². The van der Waals surface area contributed by atoms with Crippen molar-refractivity contribution >= 4 is 17.3 Å². The minimum Gasteiger partial charge on any atom is -0.480 e. The Balaban J connectivity index is 1.99. The number of aromatic nitrogens is 3. The fourth-order valence-electron chi connectivity index (χ4n) is 2.96. The average molecular weight is 274 g/mol. The molecule has 2 atom stereocenters. The molecule has 0 aliphatic carbocycles. The molecule has 2 aromatic rings. The van der Waals surface area contributed by atoms with Crippen molar-refractivity contribution in [3.05, 3.63) is 24.7 Å². The number of piperidine rings is 1. The number of fused-ring (bicyclic) bond motifs is 1. The van der Waals surface area contributed by atoms with Crippen molar-refractivity contribution in [2.24, 2.45) is 5.92 Å². The molecule has 106 valence electrons. The number of carboxylic acids is 1. The number of carbonyl (C=O) groups is 1. The second kappa shape index (κ2) is 5.11. The normalized spacial score (nSPS) is 23.1. The number of anilines is 1. The Morgan fingerprint density at radius 2 is 2.35 bits per heavy atom. The van der Waals surface area contributed by atoms with Crippen LogP contribution in [0.2, 0.25) is 0 Å². The van der Waals surface area contributed by atoms with Gasteiger partial charge < -0.3 is 10.0 Å². The summed E-state index contributed by atoms with van der Waals surface area (Å²) in [4.78, 5) is 17.9. The van der Waals surface area contributed by atoms with E-state index in [1.54, 1.807) is 23.1 Å². The van der Waals surface area contributed by atoms with Crippen LogP contribution in [0.15, 0.2) is 24.7 Å². The zero-order valence-electron chi connectivity index (χ0n) is 11.4. The number of rotatable bonds is 3. The second-order valence-electron chi connectivity index (χ2n) is 5.26. The number of aliphatic carboxylic acids is 1. The van der Waals surface area contributed by atoms with Gasteiger partial charge in [0, 0.05) is 18.9 Å². The Hall–Kier alpha value is -2.11. The first-order valence-electron chi connectivity index (χ1n) is 6.98. The molecule has 0 spiro atoms. The lowest BCUT2D eigenvalue weighted by molar-refractivity contribution is -0.139. The predicted octanol–water partition coefficient (Wildman–Crippen LogP) is 1.81. The van der Waals surface area contributed by atoms with Crippen molar-refractivity contribution in [1.29, 1.82) is 0 Å². The topological polar surface area (TPSA) is 70.7 Å². The van der Waals surface area contributed by atoms with Crippen LogP contribution in [0, 0.1) is 5.92 Å². The highest BCUT2D eigenvalue weighted by Gasteiger charge is 2.34. The summed E-state index contributed by atoms with van der Waals surface area (Å²) in [6.45, 7) is 2.85. The standard InChI is InChI=1S/C14H18N4O2/c1-2-10-4-7-17(12(9-10)14(19)20)13-11-3-5-16-18(11)8-6-15-13/h3,5-6,8,10,12H,2,4,7,9H2,1H3,(H,19,20). The Morgan fingerprint density at radius 3 is 3.10 bits per heavy atom. The molecule has 0 bridgehead atoms. The Morgan fingerprint density at radius 1 is 1.50 bits per heavy atom. The van der Waals surface area contributed by atoms with E-state index < -0.39 is 12.0 Å². The molecule has 0 aromatic carbocycles. The first-order valence-corrected chi connectivity index (χ1v) is 6.98. The molecule has 1 saturated heterocycles. The largest absolute Gasteiger partial charge is 0.480 e. The van der Waals surface area contributed by atoms with E-state index in [9.17, 15) is 9.90 Å². The highest BCUT2D eigenvalue weighted by molar-refractivity contribution is 5.81. The smallest absolute Gasteiger partial charge is 0.326 e. The maximum absolute atomic E-state index is 11.6. The monoisotopic (exact) mass is 274 g/mol. The van der Waals surface area contributed by atoms with Gasteiger partial charge in [0.05, 0.1) is 6.20 Å². The van der Waals surface area contributed by atoms with Gasteiger partial charge in [0.15, 0.2) is 5.82 Å². The number of hydrogen-bond acceptors (Lipinski definition) is 4. The first kappa shape index (κ1) is 12.9. The second-order valence-corrected chi connectivity index (χ2v) is 5.26. The van der Waals surface area contributed by atoms with Gasteiger partial charge in [-0.2, -0.15) is 5.10 Å². The van der Waals surface area contributed by atoms with E-state index in [4.69, 9.17) is 0 Å². The third kappa shape index (κ3) is 2.11. The average Bonchev–Trinajstić information content (AvgIpc) is 2.95. The van der Waals surface area contributed by atoms with E-state index in [-0.39, 0.29) is 0 Å². The van der Waals surface area contributed by atoms with Crippen LogP contribution in [0.25, 0.3) is 5.52 Å². The van der Waals surface area contributed by atoms with Crippen LogP contribution in [0.4, 0.5) is 5.82 Å². The van der Waals surface area contributed by atoms with Crippen molar-refractivity contribution in [1.82, 2.24) is 14.6 Å². The van der Waals surface area contributed by atoms with Crippen LogP contribution in [0.3, 0.4) is 0 Å². The summed E-state index contributed by atoms with van der Waals surface area (Å²) < 4.78 is 1.73. The summed E-state index contributed by atoms with van der Waals surface area (Å²) >= 11 is 0. The molecule has 6 heteroatoms. The van der Waals surface area contributed by atoms with Crippen molar-refractivity contribution in [3.8, 4) is 0 Å². The molecular weight excluding hydrogens is 256 g/mol. The van der Waals surface area contributed by atoms with E-state index in [1.807, 2.05) is 11.0 Å². The fraction of sp³-hybridized carbons (Fsp3) is 0.500. The van der Waals surface area contributed by atoms with Crippen LogP contribution in [0.1, 0.15) is 26.2 Å². The fourth-order valence-corrected chi connectivity index (χ4v) is 2.96. The summed E-state index contributed by atoms with van der Waals surface area (Å²) in [5, 5.41) is 13.7. The first-order chi connectivity index (χ1) is 9.70. The lowest BCUT2D eigenvalue weighted by Crippen LogP contribution is -2.47. The lowest BCUT2D eigenvalue weighted by atomic mass is 9.89. The summed E-state index contributed by atoms with van der Waals surface area (Å²) in [5.41, 5.74) is 0.855. The molecular formula is C14H18N4O2. The van der Waals surface area contributed by atoms with Gasteiger partial charge in [-0.25, -0.2) is 14.3 Å².